The molecule has 0 bridgehead atoms. The fraction of sp³-hybridized carbons (Fsp3) is 0.0172. The molecule has 5 heteroatoms. The molecule has 0 spiro atoms. The van der Waals surface area contributed by atoms with E-state index in [4.69, 9.17) is 8.83 Å². The largest absolute Gasteiger partial charge is 0.456 e. The molecule has 0 atom stereocenters. The molecule has 10 aromatic carbocycles. The molecule has 12 aromatic rings. The second-order valence-electron chi connectivity index (χ2n) is 16.4. The lowest BCUT2D eigenvalue weighted by molar-refractivity contribution is 0.634. The van der Waals surface area contributed by atoms with Crippen LogP contribution in [0.2, 0.25) is 0 Å². The van der Waals surface area contributed by atoms with Crippen LogP contribution in [0.1, 0.15) is 27.8 Å². The maximum Gasteiger partial charge on any atom is 0.143 e. The molecule has 2 heterocycles. The SMILES string of the molecule is N#Cc1cc(N(c2ccc3c(c2)-c2ccccc2C3(c2ccccc2)c2ccccc2)c2cc(F)c3c(c2)oc2c4ccccc4ccc23)cc2oc3cc4ccccc4cc3c12. The Morgan fingerprint density at radius 3 is 1.84 bits per heavy atom. The molecule has 0 aliphatic heterocycles. The second kappa shape index (κ2) is 13.3. The zero-order chi connectivity index (χ0) is 41.8. The Balaban J connectivity index is 1.09. The number of anilines is 3. The van der Waals surface area contributed by atoms with Gasteiger partial charge in [-0.3, -0.25) is 0 Å². The number of rotatable bonds is 5. The minimum absolute atomic E-state index is 0.405. The first-order valence-electron chi connectivity index (χ1n) is 21.1. The molecule has 63 heavy (non-hydrogen) atoms. The lowest BCUT2D eigenvalue weighted by Crippen LogP contribution is -2.28. The van der Waals surface area contributed by atoms with Crippen molar-refractivity contribution in [3.8, 4) is 17.2 Å². The van der Waals surface area contributed by atoms with Crippen LogP contribution < -0.4 is 4.90 Å². The lowest BCUT2D eigenvalue weighted by Gasteiger charge is -2.34. The highest BCUT2D eigenvalue weighted by atomic mass is 19.1. The summed E-state index contributed by atoms with van der Waals surface area (Å²) in [6, 6.07) is 70.6. The van der Waals surface area contributed by atoms with Crippen LogP contribution in [0.5, 0.6) is 0 Å². The van der Waals surface area contributed by atoms with Gasteiger partial charge in [0, 0.05) is 39.4 Å². The zero-order valence-electron chi connectivity index (χ0n) is 33.6. The average Bonchev–Trinajstić information content (AvgIpc) is 3.99. The first kappa shape index (κ1) is 35.3. The normalized spacial score (nSPS) is 13.0. The maximum absolute atomic E-state index is 17.0. The molecule has 0 unspecified atom stereocenters. The van der Waals surface area contributed by atoms with E-state index in [1.54, 1.807) is 6.07 Å². The van der Waals surface area contributed by atoms with Gasteiger partial charge in [-0.25, -0.2) is 4.39 Å². The summed E-state index contributed by atoms with van der Waals surface area (Å²) in [5.74, 6) is -0.405. The van der Waals surface area contributed by atoms with E-state index in [1.165, 1.54) is 16.7 Å². The predicted octanol–water partition coefficient (Wildman–Crippen LogP) is 15.6. The van der Waals surface area contributed by atoms with Crippen molar-refractivity contribution in [2.45, 2.75) is 5.41 Å². The summed E-state index contributed by atoms with van der Waals surface area (Å²) < 4.78 is 30.2. The standard InChI is InChI=1S/C58H33FN2O2/c59-51-31-43(33-54-56(51)46-25-23-35-13-9-10-20-44(35)57(46)63-54)61(42-27-38(34-60)55-48-28-36-14-7-8-15-37(36)29-52(48)62-53(55)32-42)41-24-26-50-47(30-41)45-21-11-12-22-49(45)58(50,39-16-3-1-4-17-39)40-18-5-2-6-19-40/h1-33H. The van der Waals surface area contributed by atoms with Gasteiger partial charge in [-0.1, -0.05) is 146 Å². The summed E-state index contributed by atoms with van der Waals surface area (Å²) >= 11 is 0. The summed E-state index contributed by atoms with van der Waals surface area (Å²) in [4.78, 5) is 2.02. The van der Waals surface area contributed by atoms with Crippen LogP contribution in [-0.4, -0.2) is 0 Å². The summed E-state index contributed by atoms with van der Waals surface area (Å²) in [6.07, 6.45) is 0. The second-order valence-corrected chi connectivity index (χ2v) is 16.4. The van der Waals surface area contributed by atoms with Crippen molar-refractivity contribution in [3.05, 3.63) is 234 Å². The third-order valence-corrected chi connectivity index (χ3v) is 13.2. The van der Waals surface area contributed by atoms with Gasteiger partial charge in [0.2, 0.25) is 0 Å². The Labute approximate surface area is 360 Å². The molecule has 0 saturated heterocycles. The van der Waals surface area contributed by atoms with Crippen molar-refractivity contribution in [1.82, 2.24) is 0 Å². The van der Waals surface area contributed by atoms with Gasteiger partial charge in [-0.15, -0.1) is 0 Å². The number of furan rings is 2. The fourth-order valence-corrected chi connectivity index (χ4v) is 10.5. The van der Waals surface area contributed by atoms with Crippen LogP contribution in [0.4, 0.5) is 21.5 Å². The average molecular weight is 809 g/mol. The number of halogens is 1. The Hall–Kier alpha value is -8.46. The first-order valence-corrected chi connectivity index (χ1v) is 21.1. The van der Waals surface area contributed by atoms with Crippen molar-refractivity contribution >= 4 is 82.5 Å². The van der Waals surface area contributed by atoms with Gasteiger partial charge in [0.25, 0.3) is 0 Å². The van der Waals surface area contributed by atoms with E-state index in [0.717, 1.165) is 60.1 Å². The fourth-order valence-electron chi connectivity index (χ4n) is 10.5. The van der Waals surface area contributed by atoms with Crippen LogP contribution in [0.25, 0.3) is 76.5 Å². The minimum atomic E-state index is -0.593. The molecule has 0 saturated carbocycles. The highest BCUT2D eigenvalue weighted by Gasteiger charge is 2.46. The van der Waals surface area contributed by atoms with Crippen LogP contribution in [0, 0.1) is 17.1 Å². The molecular formula is C58H33FN2O2. The van der Waals surface area contributed by atoms with Crippen molar-refractivity contribution in [1.29, 1.82) is 5.26 Å². The van der Waals surface area contributed by atoms with E-state index in [9.17, 15) is 5.26 Å². The summed E-state index contributed by atoms with van der Waals surface area (Å²) in [5, 5.41) is 17.7. The molecule has 0 N–H and O–H groups in total. The minimum Gasteiger partial charge on any atom is -0.456 e. The van der Waals surface area contributed by atoms with Gasteiger partial charge in [-0.2, -0.15) is 5.26 Å². The number of hydrogen-bond donors (Lipinski definition) is 0. The number of nitriles is 1. The monoisotopic (exact) mass is 808 g/mol. The molecule has 1 aliphatic carbocycles. The van der Waals surface area contributed by atoms with Crippen molar-refractivity contribution in [2.24, 2.45) is 0 Å². The number of hydrogen-bond acceptors (Lipinski definition) is 4. The molecule has 13 rings (SSSR count). The van der Waals surface area contributed by atoms with E-state index in [0.29, 0.717) is 44.7 Å². The zero-order valence-corrected chi connectivity index (χ0v) is 33.6. The molecule has 4 nitrogen and oxygen atoms in total. The van der Waals surface area contributed by atoms with Gasteiger partial charge in [-0.05, 0) is 92.0 Å². The number of fused-ring (bicyclic) bond motifs is 12. The third-order valence-electron chi connectivity index (χ3n) is 13.2. The van der Waals surface area contributed by atoms with Gasteiger partial charge >= 0.3 is 0 Å². The first-order chi connectivity index (χ1) is 31.1. The molecule has 0 radical (unpaired) electrons. The summed E-state index contributed by atoms with van der Waals surface area (Å²) in [7, 11) is 0. The highest BCUT2D eigenvalue weighted by molar-refractivity contribution is 6.16. The van der Waals surface area contributed by atoms with Crippen molar-refractivity contribution in [2.75, 3.05) is 4.90 Å². The van der Waals surface area contributed by atoms with E-state index in [1.807, 2.05) is 77.7 Å². The molecular weight excluding hydrogens is 776 g/mol. The molecule has 0 amide bonds. The Kier molecular flexibility index (Phi) is 7.44. The Bertz CT molecular complexity index is 3860. The van der Waals surface area contributed by atoms with Crippen molar-refractivity contribution in [3.63, 3.8) is 0 Å². The quantitative estimate of drug-likeness (QED) is 0.174. The van der Waals surface area contributed by atoms with Crippen molar-refractivity contribution < 1.29 is 13.2 Å². The topological polar surface area (TPSA) is 53.3 Å². The predicted molar refractivity (Wildman–Crippen MR) is 253 cm³/mol. The van der Waals surface area contributed by atoms with Crippen LogP contribution in [-0.2, 0) is 5.41 Å². The van der Waals surface area contributed by atoms with Gasteiger partial charge < -0.3 is 13.7 Å². The smallest absolute Gasteiger partial charge is 0.143 e. The van der Waals surface area contributed by atoms with Crippen LogP contribution in [0.15, 0.2) is 209 Å². The van der Waals surface area contributed by atoms with Gasteiger partial charge in [0.1, 0.15) is 28.1 Å². The Morgan fingerprint density at radius 1 is 0.444 bits per heavy atom. The summed E-state index contributed by atoms with van der Waals surface area (Å²) in [6.45, 7) is 0. The number of nitrogens with zero attached hydrogens (tertiary/aromatic N) is 2. The molecule has 0 fully saturated rings. The van der Waals surface area contributed by atoms with Crippen LogP contribution in [0.3, 0.4) is 0 Å². The molecule has 1 aliphatic rings. The summed E-state index contributed by atoms with van der Waals surface area (Å²) in [5.41, 5.74) is 11.0. The maximum atomic E-state index is 17.0. The van der Waals surface area contributed by atoms with E-state index >= 15 is 4.39 Å². The lowest BCUT2D eigenvalue weighted by atomic mass is 9.68. The Morgan fingerprint density at radius 2 is 1.08 bits per heavy atom. The van der Waals surface area contributed by atoms with E-state index in [2.05, 4.69) is 127 Å². The van der Waals surface area contributed by atoms with Gasteiger partial charge in [0.05, 0.1) is 33.8 Å². The number of benzene rings is 10. The van der Waals surface area contributed by atoms with E-state index in [-0.39, 0.29) is 0 Å². The molecule has 2 aromatic heterocycles. The van der Waals surface area contributed by atoms with E-state index < -0.39 is 11.2 Å². The third kappa shape index (κ3) is 5.01. The van der Waals surface area contributed by atoms with Gasteiger partial charge in [0.15, 0.2) is 0 Å². The van der Waals surface area contributed by atoms with Crippen LogP contribution >= 0.6 is 0 Å². The highest BCUT2D eigenvalue weighted by Crippen LogP contribution is 2.57. The molecule has 294 valence electrons.